The average molecular weight is 372 g/mol. The maximum atomic E-state index is 12.8. The zero-order chi connectivity index (χ0) is 19.6. The van der Waals surface area contributed by atoms with Crippen molar-refractivity contribution in [2.75, 3.05) is 11.9 Å². The highest BCUT2D eigenvalue weighted by atomic mass is 16.2. The topological polar surface area (TPSA) is 122 Å². The highest BCUT2D eigenvalue weighted by molar-refractivity contribution is 6.10. The molecule has 1 aliphatic carbocycles. The fourth-order valence-electron chi connectivity index (χ4n) is 3.80. The normalized spacial score (nSPS) is 24.8. The van der Waals surface area contributed by atoms with E-state index in [1.165, 1.54) is 24.3 Å². The van der Waals surface area contributed by atoms with Crippen LogP contribution in [0.15, 0.2) is 24.3 Å². The summed E-state index contributed by atoms with van der Waals surface area (Å²) in [5.41, 5.74) is 5.10. The van der Waals surface area contributed by atoms with Gasteiger partial charge in [0.2, 0.25) is 11.8 Å². The van der Waals surface area contributed by atoms with Crippen LogP contribution in [0.1, 0.15) is 49.4 Å². The molecular formula is C19H24N4O4. The Kier molecular flexibility index (Phi) is 5.16. The Balaban J connectivity index is 1.61. The van der Waals surface area contributed by atoms with Crippen LogP contribution in [0.2, 0.25) is 0 Å². The van der Waals surface area contributed by atoms with Gasteiger partial charge in [-0.2, -0.15) is 0 Å². The molecule has 1 aromatic carbocycles. The van der Waals surface area contributed by atoms with Crippen LogP contribution in [0.5, 0.6) is 0 Å². The molecule has 1 saturated carbocycles. The number of rotatable bonds is 5. The maximum absolute atomic E-state index is 12.8. The maximum Gasteiger partial charge on any atom is 0.325 e. The van der Waals surface area contributed by atoms with E-state index in [1.54, 1.807) is 0 Å². The molecule has 1 aromatic rings. The number of primary amides is 1. The van der Waals surface area contributed by atoms with Gasteiger partial charge in [0, 0.05) is 11.3 Å². The molecule has 0 bridgehead atoms. The van der Waals surface area contributed by atoms with Gasteiger partial charge in [-0.05, 0) is 55.9 Å². The third-order valence-electron chi connectivity index (χ3n) is 5.54. The van der Waals surface area contributed by atoms with E-state index in [1.807, 2.05) is 0 Å². The zero-order valence-electron chi connectivity index (χ0n) is 15.3. The first-order valence-corrected chi connectivity index (χ1v) is 9.18. The van der Waals surface area contributed by atoms with Gasteiger partial charge in [-0.15, -0.1) is 0 Å². The molecule has 1 aliphatic heterocycles. The Bertz CT molecular complexity index is 766. The average Bonchev–Trinajstić information content (AvgIpc) is 2.87. The summed E-state index contributed by atoms with van der Waals surface area (Å²) < 4.78 is 0. The molecule has 2 aliphatic rings. The summed E-state index contributed by atoms with van der Waals surface area (Å²) in [6.07, 6.45) is 4.09. The van der Waals surface area contributed by atoms with Gasteiger partial charge in [-0.3, -0.25) is 19.3 Å². The molecular weight excluding hydrogens is 348 g/mol. The summed E-state index contributed by atoms with van der Waals surface area (Å²) in [5, 5.41) is 5.43. The first kappa shape index (κ1) is 18.9. The fourth-order valence-corrected chi connectivity index (χ4v) is 3.80. The molecule has 1 heterocycles. The minimum absolute atomic E-state index is 0.318. The van der Waals surface area contributed by atoms with Crippen molar-refractivity contribution < 1.29 is 19.2 Å². The van der Waals surface area contributed by atoms with Gasteiger partial charge in [-0.1, -0.05) is 13.3 Å². The number of nitrogens with two attached hydrogens (primary N) is 1. The molecule has 27 heavy (non-hydrogen) atoms. The number of carbonyl (C=O) groups is 4. The van der Waals surface area contributed by atoms with Crippen LogP contribution >= 0.6 is 0 Å². The van der Waals surface area contributed by atoms with Crippen molar-refractivity contribution in [2.24, 2.45) is 11.7 Å². The number of nitrogens with one attached hydrogen (secondary N) is 2. The molecule has 8 nitrogen and oxygen atoms in total. The second-order valence-corrected chi connectivity index (χ2v) is 7.24. The second kappa shape index (κ2) is 7.38. The molecule has 5 amide bonds. The SMILES string of the molecule is CCC1CCC2(CC1)NC(=O)N(CC(=O)Nc1ccc(C(N)=O)cc1)C2=O. The quantitative estimate of drug-likeness (QED) is 0.680. The van der Waals surface area contributed by atoms with Crippen LogP contribution in [-0.4, -0.2) is 40.7 Å². The van der Waals surface area contributed by atoms with E-state index in [4.69, 9.17) is 5.73 Å². The molecule has 0 aromatic heterocycles. The summed E-state index contributed by atoms with van der Waals surface area (Å²) in [4.78, 5) is 49.4. The van der Waals surface area contributed by atoms with Gasteiger partial charge in [0.1, 0.15) is 12.1 Å². The van der Waals surface area contributed by atoms with E-state index in [9.17, 15) is 19.2 Å². The summed E-state index contributed by atoms with van der Waals surface area (Å²) in [7, 11) is 0. The Morgan fingerprint density at radius 1 is 1.22 bits per heavy atom. The van der Waals surface area contributed by atoms with E-state index in [0.29, 0.717) is 30.0 Å². The predicted octanol–water partition coefficient (Wildman–Crippen LogP) is 1.61. The van der Waals surface area contributed by atoms with Gasteiger partial charge in [0.25, 0.3) is 5.91 Å². The minimum atomic E-state index is -0.855. The van der Waals surface area contributed by atoms with Crippen molar-refractivity contribution in [3.05, 3.63) is 29.8 Å². The van der Waals surface area contributed by atoms with Gasteiger partial charge in [0.05, 0.1) is 0 Å². The molecule has 0 radical (unpaired) electrons. The van der Waals surface area contributed by atoms with Crippen LogP contribution in [0.3, 0.4) is 0 Å². The number of urea groups is 1. The Morgan fingerprint density at radius 2 is 1.85 bits per heavy atom. The summed E-state index contributed by atoms with van der Waals surface area (Å²) >= 11 is 0. The van der Waals surface area contributed by atoms with Crippen molar-refractivity contribution in [1.29, 1.82) is 0 Å². The number of hydrogen-bond donors (Lipinski definition) is 3. The number of benzene rings is 1. The molecule has 1 saturated heterocycles. The largest absolute Gasteiger partial charge is 0.366 e. The molecule has 4 N–H and O–H groups in total. The van der Waals surface area contributed by atoms with Crippen LogP contribution in [0, 0.1) is 5.92 Å². The standard InChI is InChI=1S/C19H24N4O4/c1-2-12-7-9-19(10-8-12)17(26)23(18(27)22-19)11-15(24)21-14-5-3-13(4-6-14)16(20)25/h3-6,12H,2,7-11H2,1H3,(H2,20,25)(H,21,24)(H,22,27). The van der Waals surface area contributed by atoms with E-state index in [2.05, 4.69) is 17.6 Å². The van der Waals surface area contributed by atoms with Gasteiger partial charge >= 0.3 is 6.03 Å². The molecule has 0 atom stereocenters. The lowest BCUT2D eigenvalue weighted by atomic mass is 9.75. The second-order valence-electron chi connectivity index (χ2n) is 7.24. The molecule has 8 heteroatoms. The lowest BCUT2D eigenvalue weighted by molar-refractivity contribution is -0.135. The predicted molar refractivity (Wildman–Crippen MR) is 98.8 cm³/mol. The van der Waals surface area contributed by atoms with Crippen LogP contribution in [0.4, 0.5) is 10.5 Å². The lowest BCUT2D eigenvalue weighted by Crippen LogP contribution is -2.49. The van der Waals surface area contributed by atoms with Gasteiger partial charge < -0.3 is 16.4 Å². The number of anilines is 1. The first-order valence-electron chi connectivity index (χ1n) is 9.18. The Labute approximate surface area is 157 Å². The molecule has 3 rings (SSSR count). The summed E-state index contributed by atoms with van der Waals surface area (Å²) in [5.74, 6) is -0.776. The Morgan fingerprint density at radius 3 is 2.41 bits per heavy atom. The third kappa shape index (κ3) is 3.79. The lowest BCUT2D eigenvalue weighted by Gasteiger charge is -2.34. The minimum Gasteiger partial charge on any atom is -0.366 e. The molecule has 1 spiro atoms. The first-order chi connectivity index (χ1) is 12.8. The van der Waals surface area contributed by atoms with Crippen LogP contribution < -0.4 is 16.4 Å². The van der Waals surface area contributed by atoms with Crippen molar-refractivity contribution in [1.82, 2.24) is 10.2 Å². The smallest absolute Gasteiger partial charge is 0.325 e. The van der Waals surface area contributed by atoms with Crippen LogP contribution in [0.25, 0.3) is 0 Å². The van der Waals surface area contributed by atoms with E-state index >= 15 is 0 Å². The summed E-state index contributed by atoms with van der Waals surface area (Å²) in [6.45, 7) is 1.78. The summed E-state index contributed by atoms with van der Waals surface area (Å²) in [6, 6.07) is 5.54. The van der Waals surface area contributed by atoms with Crippen LogP contribution in [-0.2, 0) is 9.59 Å². The zero-order valence-corrected chi connectivity index (χ0v) is 15.3. The number of imide groups is 1. The van der Waals surface area contributed by atoms with Crippen molar-refractivity contribution in [3.63, 3.8) is 0 Å². The fraction of sp³-hybridized carbons (Fsp3) is 0.474. The highest BCUT2D eigenvalue weighted by Gasteiger charge is 2.52. The number of carbonyl (C=O) groups excluding carboxylic acids is 4. The molecule has 144 valence electrons. The van der Waals surface area contributed by atoms with E-state index in [0.717, 1.165) is 24.2 Å². The Hall–Kier alpha value is -2.90. The number of nitrogens with zero attached hydrogens (tertiary/aromatic N) is 1. The third-order valence-corrected chi connectivity index (χ3v) is 5.54. The molecule has 2 fully saturated rings. The van der Waals surface area contributed by atoms with E-state index in [-0.39, 0.29) is 12.5 Å². The van der Waals surface area contributed by atoms with Gasteiger partial charge in [0.15, 0.2) is 0 Å². The number of hydrogen-bond acceptors (Lipinski definition) is 4. The van der Waals surface area contributed by atoms with Crippen molar-refractivity contribution in [2.45, 2.75) is 44.6 Å². The van der Waals surface area contributed by atoms with E-state index < -0.39 is 23.4 Å². The number of amides is 5. The monoisotopic (exact) mass is 372 g/mol. The molecule has 0 unspecified atom stereocenters. The van der Waals surface area contributed by atoms with Crippen molar-refractivity contribution in [3.8, 4) is 0 Å². The van der Waals surface area contributed by atoms with Gasteiger partial charge in [-0.25, -0.2) is 4.79 Å². The highest BCUT2D eigenvalue weighted by Crippen LogP contribution is 2.37. The van der Waals surface area contributed by atoms with Crippen molar-refractivity contribution >= 4 is 29.4 Å².